The summed E-state index contributed by atoms with van der Waals surface area (Å²) < 4.78 is 6.96. The summed E-state index contributed by atoms with van der Waals surface area (Å²) in [4.78, 5) is 15.9. The molecular formula is C12H13ClN2O2. The lowest BCUT2D eigenvalue weighted by Crippen LogP contribution is -2.24. The number of hydrogen-bond donors (Lipinski definition) is 0. The number of esters is 1. The molecule has 0 saturated carbocycles. The van der Waals surface area contributed by atoms with E-state index in [-0.39, 0.29) is 5.69 Å². The van der Waals surface area contributed by atoms with E-state index in [4.69, 9.17) is 16.3 Å². The third kappa shape index (κ3) is 2.77. The van der Waals surface area contributed by atoms with Gasteiger partial charge in [0.25, 0.3) is 0 Å². The van der Waals surface area contributed by atoms with Gasteiger partial charge < -0.3 is 9.14 Å². The average Bonchev–Trinajstić information content (AvgIpc) is 2.57. The van der Waals surface area contributed by atoms with Gasteiger partial charge in [0.15, 0.2) is 5.69 Å². The van der Waals surface area contributed by atoms with Crippen molar-refractivity contribution in [1.82, 2.24) is 9.38 Å². The fourth-order valence-electron chi connectivity index (χ4n) is 1.39. The minimum atomic E-state index is -0.523. The van der Waals surface area contributed by atoms with E-state index in [9.17, 15) is 4.79 Å². The molecule has 2 heterocycles. The van der Waals surface area contributed by atoms with E-state index in [0.717, 1.165) is 0 Å². The second-order valence-electron chi connectivity index (χ2n) is 4.74. The second-order valence-corrected chi connectivity index (χ2v) is 5.17. The standard InChI is InChI=1S/C12H13ClN2O2/c1-12(2,3)17-11(16)9-7-15-5-4-8(13)6-10(15)14-9/h4-7H,1-3H3. The first kappa shape index (κ1) is 11.9. The molecule has 0 fully saturated rings. The first-order valence-electron chi connectivity index (χ1n) is 5.23. The van der Waals surface area contributed by atoms with Crippen LogP contribution in [0.25, 0.3) is 5.65 Å². The van der Waals surface area contributed by atoms with Gasteiger partial charge in [-0.3, -0.25) is 0 Å². The number of fused-ring (bicyclic) bond motifs is 1. The van der Waals surface area contributed by atoms with Crippen LogP contribution >= 0.6 is 11.6 Å². The van der Waals surface area contributed by atoms with Crippen molar-refractivity contribution in [2.24, 2.45) is 0 Å². The fourth-order valence-corrected chi connectivity index (χ4v) is 1.54. The van der Waals surface area contributed by atoms with Crippen molar-refractivity contribution in [1.29, 1.82) is 0 Å². The molecule has 0 bridgehead atoms. The number of halogens is 1. The van der Waals surface area contributed by atoms with E-state index >= 15 is 0 Å². The Morgan fingerprint density at radius 3 is 2.82 bits per heavy atom. The lowest BCUT2D eigenvalue weighted by molar-refractivity contribution is 0.00636. The van der Waals surface area contributed by atoms with Crippen LogP contribution in [0, 0.1) is 0 Å². The molecule has 5 heteroatoms. The number of hydrogen-bond acceptors (Lipinski definition) is 3. The maximum Gasteiger partial charge on any atom is 0.359 e. The Morgan fingerprint density at radius 2 is 2.18 bits per heavy atom. The minimum Gasteiger partial charge on any atom is -0.455 e. The molecule has 0 aliphatic carbocycles. The highest BCUT2D eigenvalue weighted by Gasteiger charge is 2.20. The van der Waals surface area contributed by atoms with Crippen LogP contribution in [0.2, 0.25) is 5.02 Å². The highest BCUT2D eigenvalue weighted by Crippen LogP contribution is 2.15. The zero-order valence-electron chi connectivity index (χ0n) is 9.90. The first-order chi connectivity index (χ1) is 7.85. The quantitative estimate of drug-likeness (QED) is 0.733. The largest absolute Gasteiger partial charge is 0.455 e. The zero-order valence-corrected chi connectivity index (χ0v) is 10.7. The van der Waals surface area contributed by atoms with Crippen LogP contribution in [0.1, 0.15) is 31.3 Å². The van der Waals surface area contributed by atoms with Gasteiger partial charge in [0.1, 0.15) is 11.2 Å². The minimum absolute atomic E-state index is 0.280. The van der Waals surface area contributed by atoms with E-state index in [2.05, 4.69) is 4.98 Å². The van der Waals surface area contributed by atoms with Gasteiger partial charge in [-0.05, 0) is 26.8 Å². The number of nitrogens with zero attached hydrogens (tertiary/aromatic N) is 2. The van der Waals surface area contributed by atoms with E-state index in [1.54, 1.807) is 28.9 Å². The van der Waals surface area contributed by atoms with Crippen LogP contribution in [0.5, 0.6) is 0 Å². The van der Waals surface area contributed by atoms with Crippen molar-refractivity contribution >= 4 is 23.2 Å². The monoisotopic (exact) mass is 252 g/mol. The lowest BCUT2D eigenvalue weighted by Gasteiger charge is -2.18. The van der Waals surface area contributed by atoms with Crippen LogP contribution in [0.15, 0.2) is 24.5 Å². The van der Waals surface area contributed by atoms with Crippen molar-refractivity contribution in [2.45, 2.75) is 26.4 Å². The molecule has 0 saturated heterocycles. The summed E-state index contributed by atoms with van der Waals surface area (Å²) in [6, 6.07) is 3.42. The third-order valence-corrected chi connectivity index (χ3v) is 2.27. The van der Waals surface area contributed by atoms with Crippen molar-refractivity contribution in [2.75, 3.05) is 0 Å². The van der Waals surface area contributed by atoms with E-state index in [0.29, 0.717) is 10.7 Å². The molecule has 90 valence electrons. The van der Waals surface area contributed by atoms with Gasteiger partial charge in [-0.25, -0.2) is 9.78 Å². The molecule has 0 radical (unpaired) electrons. The van der Waals surface area contributed by atoms with E-state index in [1.165, 1.54) is 0 Å². The fraction of sp³-hybridized carbons (Fsp3) is 0.333. The summed E-state index contributed by atoms with van der Waals surface area (Å²) >= 11 is 5.84. The van der Waals surface area contributed by atoms with Crippen LogP contribution in [0.3, 0.4) is 0 Å². The van der Waals surface area contributed by atoms with Crippen LogP contribution in [0.4, 0.5) is 0 Å². The number of pyridine rings is 1. The molecule has 2 rings (SSSR count). The Morgan fingerprint density at radius 1 is 1.47 bits per heavy atom. The Labute approximate surface area is 104 Å². The molecule has 0 aliphatic heterocycles. The lowest BCUT2D eigenvalue weighted by atomic mass is 10.2. The SMILES string of the molecule is CC(C)(C)OC(=O)c1cn2ccc(Cl)cc2n1. The number of carbonyl (C=O) groups is 1. The molecule has 0 amide bonds. The molecule has 0 aliphatic rings. The molecule has 0 atom stereocenters. The van der Waals surface area contributed by atoms with Gasteiger partial charge in [0.05, 0.1) is 0 Å². The number of carbonyl (C=O) groups excluding carboxylic acids is 1. The van der Waals surface area contributed by atoms with Crippen molar-refractivity contribution in [3.05, 3.63) is 35.2 Å². The molecular weight excluding hydrogens is 240 g/mol. The number of imidazole rings is 1. The van der Waals surface area contributed by atoms with Gasteiger partial charge in [-0.2, -0.15) is 0 Å². The summed E-state index contributed by atoms with van der Waals surface area (Å²) in [5.74, 6) is -0.433. The van der Waals surface area contributed by atoms with Crippen molar-refractivity contribution < 1.29 is 9.53 Å². The summed E-state index contributed by atoms with van der Waals surface area (Å²) in [5.41, 5.74) is 0.380. The summed E-state index contributed by atoms with van der Waals surface area (Å²) in [5, 5.41) is 0.582. The summed E-state index contributed by atoms with van der Waals surface area (Å²) in [6.07, 6.45) is 3.37. The topological polar surface area (TPSA) is 43.6 Å². The molecule has 0 N–H and O–H groups in total. The third-order valence-electron chi connectivity index (χ3n) is 2.03. The predicted octanol–water partition coefficient (Wildman–Crippen LogP) is 2.94. The molecule has 2 aromatic heterocycles. The second kappa shape index (κ2) is 4.04. The molecule has 2 aromatic rings. The van der Waals surface area contributed by atoms with Gasteiger partial charge in [-0.15, -0.1) is 0 Å². The van der Waals surface area contributed by atoms with E-state index < -0.39 is 11.6 Å². The Balaban J connectivity index is 2.33. The van der Waals surface area contributed by atoms with Crippen LogP contribution in [-0.2, 0) is 4.74 Å². The smallest absolute Gasteiger partial charge is 0.359 e. The number of aromatic nitrogens is 2. The molecule has 0 aromatic carbocycles. The van der Waals surface area contributed by atoms with Crippen molar-refractivity contribution in [3.8, 4) is 0 Å². The summed E-state index contributed by atoms with van der Waals surface area (Å²) in [7, 11) is 0. The summed E-state index contributed by atoms with van der Waals surface area (Å²) in [6.45, 7) is 5.45. The van der Waals surface area contributed by atoms with Gasteiger partial charge in [0, 0.05) is 23.5 Å². The average molecular weight is 253 g/mol. The van der Waals surface area contributed by atoms with Crippen LogP contribution in [-0.4, -0.2) is 21.0 Å². The predicted molar refractivity (Wildman–Crippen MR) is 65.4 cm³/mol. The molecule has 0 spiro atoms. The number of rotatable bonds is 1. The highest BCUT2D eigenvalue weighted by molar-refractivity contribution is 6.30. The highest BCUT2D eigenvalue weighted by atomic mass is 35.5. The molecule has 17 heavy (non-hydrogen) atoms. The van der Waals surface area contributed by atoms with Crippen LogP contribution < -0.4 is 0 Å². The van der Waals surface area contributed by atoms with E-state index in [1.807, 2.05) is 20.8 Å². The molecule has 0 unspecified atom stereocenters. The van der Waals surface area contributed by atoms with Gasteiger partial charge in [-0.1, -0.05) is 11.6 Å². The first-order valence-corrected chi connectivity index (χ1v) is 5.60. The zero-order chi connectivity index (χ0) is 12.6. The maximum absolute atomic E-state index is 11.8. The Kier molecular flexibility index (Phi) is 2.83. The van der Waals surface area contributed by atoms with Crippen molar-refractivity contribution in [3.63, 3.8) is 0 Å². The van der Waals surface area contributed by atoms with Gasteiger partial charge in [0.2, 0.25) is 0 Å². The Bertz CT molecular complexity index is 569. The van der Waals surface area contributed by atoms with Gasteiger partial charge >= 0.3 is 5.97 Å². The molecule has 4 nitrogen and oxygen atoms in total. The number of ether oxygens (including phenoxy) is 1. The maximum atomic E-state index is 11.8. The Hall–Kier alpha value is -1.55. The normalized spacial score (nSPS) is 11.8.